The van der Waals surface area contributed by atoms with Crippen molar-refractivity contribution in [3.05, 3.63) is 22.4 Å². The number of unbranched alkanes of at least 4 members (excludes halogenated alkanes) is 1. The molecule has 2 N–H and O–H groups in total. The maximum atomic E-state index is 11.6. The first-order valence-corrected chi connectivity index (χ1v) is 5.53. The van der Waals surface area contributed by atoms with Crippen LogP contribution in [0.3, 0.4) is 0 Å². The van der Waals surface area contributed by atoms with E-state index in [0.717, 1.165) is 12.8 Å². The summed E-state index contributed by atoms with van der Waals surface area (Å²) in [5.74, 6) is -0.00677. The lowest BCUT2D eigenvalue weighted by atomic mass is 10.4. The van der Waals surface area contributed by atoms with Gasteiger partial charge in [-0.25, -0.2) is 4.98 Å². The molecule has 1 aromatic rings. The smallest absolute Gasteiger partial charge is 0.326 e. The quantitative estimate of drug-likeness (QED) is 0.596. The fraction of sp³-hybridized carbons (Fsp3) is 0.545. The first-order chi connectivity index (χ1) is 8.06. The van der Waals surface area contributed by atoms with Crippen LogP contribution in [0.2, 0.25) is 0 Å². The number of anilines is 1. The molecule has 0 saturated heterocycles. The molecule has 0 radical (unpaired) electrons. The first-order valence-electron chi connectivity index (χ1n) is 5.53. The maximum absolute atomic E-state index is 11.6. The predicted octanol–water partition coefficient (Wildman–Crippen LogP) is 0.477. The topological polar surface area (TPSA) is 87.2 Å². The molecule has 6 nitrogen and oxygen atoms in total. The van der Waals surface area contributed by atoms with Crippen LogP contribution in [0, 0.1) is 6.92 Å². The zero-order chi connectivity index (χ0) is 12.8. The Labute approximate surface area is 99.4 Å². The zero-order valence-corrected chi connectivity index (χ0v) is 10.1. The zero-order valence-electron chi connectivity index (χ0n) is 10.1. The van der Waals surface area contributed by atoms with Crippen molar-refractivity contribution in [1.82, 2.24) is 9.55 Å². The number of nitrogens with zero attached hydrogens (tertiary/aromatic N) is 2. The van der Waals surface area contributed by atoms with Crippen molar-refractivity contribution in [3.63, 3.8) is 0 Å². The SMILES string of the molecule is CCCCOC(=O)Cn1c(C)ncc(N)c1=O. The van der Waals surface area contributed by atoms with E-state index >= 15 is 0 Å². The van der Waals surface area contributed by atoms with Crippen LogP contribution < -0.4 is 11.3 Å². The molecular formula is C11H17N3O3. The molecule has 94 valence electrons. The average Bonchev–Trinajstić information content (AvgIpc) is 2.30. The summed E-state index contributed by atoms with van der Waals surface area (Å²) in [6.07, 6.45) is 3.05. The van der Waals surface area contributed by atoms with Gasteiger partial charge in [-0.05, 0) is 13.3 Å². The molecule has 17 heavy (non-hydrogen) atoms. The van der Waals surface area contributed by atoms with Gasteiger partial charge in [0, 0.05) is 0 Å². The van der Waals surface area contributed by atoms with E-state index < -0.39 is 11.5 Å². The summed E-state index contributed by atoms with van der Waals surface area (Å²) in [7, 11) is 0. The van der Waals surface area contributed by atoms with E-state index in [4.69, 9.17) is 10.5 Å². The molecule has 1 heterocycles. The number of aromatic nitrogens is 2. The van der Waals surface area contributed by atoms with Gasteiger partial charge in [-0.15, -0.1) is 0 Å². The maximum Gasteiger partial charge on any atom is 0.326 e. The fourth-order valence-electron chi connectivity index (χ4n) is 1.28. The summed E-state index contributed by atoms with van der Waals surface area (Å²) in [6, 6.07) is 0. The van der Waals surface area contributed by atoms with Crippen molar-refractivity contribution in [2.75, 3.05) is 12.3 Å². The van der Waals surface area contributed by atoms with Crippen LogP contribution in [0.1, 0.15) is 25.6 Å². The third-order valence-corrected chi connectivity index (χ3v) is 2.32. The molecule has 0 spiro atoms. The number of nitrogens with two attached hydrogens (primary N) is 1. The number of hydrogen-bond donors (Lipinski definition) is 1. The standard InChI is InChI=1S/C11H17N3O3/c1-3-4-5-17-10(15)7-14-8(2)13-6-9(12)11(14)16/h6H,3-5,7,12H2,1-2H3. The van der Waals surface area contributed by atoms with Gasteiger partial charge >= 0.3 is 5.97 Å². The van der Waals surface area contributed by atoms with Crippen LogP contribution in [-0.2, 0) is 16.1 Å². The van der Waals surface area contributed by atoms with Gasteiger partial charge in [-0.3, -0.25) is 14.2 Å². The van der Waals surface area contributed by atoms with Crippen LogP contribution in [-0.4, -0.2) is 22.1 Å². The van der Waals surface area contributed by atoms with Crippen LogP contribution in [0.5, 0.6) is 0 Å². The summed E-state index contributed by atoms with van der Waals surface area (Å²) >= 11 is 0. The van der Waals surface area contributed by atoms with Crippen LogP contribution >= 0.6 is 0 Å². The normalized spacial score (nSPS) is 10.2. The Kier molecular flexibility index (Phi) is 4.68. The Bertz CT molecular complexity index is 454. The van der Waals surface area contributed by atoms with E-state index in [-0.39, 0.29) is 12.2 Å². The molecule has 0 amide bonds. The minimum atomic E-state index is -0.448. The molecule has 0 atom stereocenters. The van der Waals surface area contributed by atoms with Crippen molar-refractivity contribution >= 4 is 11.7 Å². The largest absolute Gasteiger partial charge is 0.464 e. The lowest BCUT2D eigenvalue weighted by Gasteiger charge is -2.09. The Morgan fingerprint density at radius 2 is 2.29 bits per heavy atom. The highest BCUT2D eigenvalue weighted by Gasteiger charge is 2.10. The van der Waals surface area contributed by atoms with Gasteiger partial charge in [0.2, 0.25) is 0 Å². The Morgan fingerprint density at radius 3 is 2.94 bits per heavy atom. The lowest BCUT2D eigenvalue weighted by molar-refractivity contribution is -0.144. The molecule has 0 fully saturated rings. The number of carbonyl (C=O) groups excluding carboxylic acids is 1. The second kappa shape index (κ2) is 6.03. The molecule has 0 aromatic carbocycles. The van der Waals surface area contributed by atoms with Gasteiger partial charge in [-0.1, -0.05) is 13.3 Å². The van der Waals surface area contributed by atoms with Crippen molar-refractivity contribution in [2.24, 2.45) is 0 Å². The number of rotatable bonds is 5. The van der Waals surface area contributed by atoms with Gasteiger partial charge in [0.15, 0.2) is 0 Å². The third-order valence-electron chi connectivity index (χ3n) is 2.32. The molecular weight excluding hydrogens is 222 g/mol. The lowest BCUT2D eigenvalue weighted by Crippen LogP contribution is -2.29. The van der Waals surface area contributed by atoms with Gasteiger partial charge in [0.05, 0.1) is 12.8 Å². The summed E-state index contributed by atoms with van der Waals surface area (Å²) in [4.78, 5) is 27.0. The molecule has 0 aliphatic carbocycles. The molecule has 0 saturated carbocycles. The minimum absolute atomic E-state index is 0.0250. The Balaban J connectivity index is 2.71. The van der Waals surface area contributed by atoms with Crippen molar-refractivity contribution in [2.45, 2.75) is 33.2 Å². The molecule has 0 unspecified atom stereocenters. The second-order valence-electron chi connectivity index (χ2n) is 3.73. The highest BCUT2D eigenvalue weighted by atomic mass is 16.5. The summed E-state index contributed by atoms with van der Waals surface area (Å²) in [5, 5.41) is 0. The van der Waals surface area contributed by atoms with Crippen molar-refractivity contribution < 1.29 is 9.53 Å². The first kappa shape index (κ1) is 13.2. The van der Waals surface area contributed by atoms with E-state index in [0.29, 0.717) is 12.4 Å². The van der Waals surface area contributed by atoms with Crippen molar-refractivity contribution in [3.8, 4) is 0 Å². The van der Waals surface area contributed by atoms with E-state index in [9.17, 15) is 9.59 Å². The highest BCUT2D eigenvalue weighted by molar-refractivity contribution is 5.69. The van der Waals surface area contributed by atoms with Crippen LogP contribution in [0.25, 0.3) is 0 Å². The van der Waals surface area contributed by atoms with E-state index in [2.05, 4.69) is 4.98 Å². The fourth-order valence-corrected chi connectivity index (χ4v) is 1.28. The number of ether oxygens (including phenoxy) is 1. The van der Waals surface area contributed by atoms with Gasteiger partial charge in [-0.2, -0.15) is 0 Å². The summed E-state index contributed by atoms with van der Waals surface area (Å²) in [5.41, 5.74) is 5.05. The number of aryl methyl sites for hydroxylation is 1. The molecule has 1 rings (SSSR count). The van der Waals surface area contributed by atoms with Gasteiger partial charge in [0.1, 0.15) is 18.1 Å². The number of hydrogen-bond acceptors (Lipinski definition) is 5. The summed E-state index contributed by atoms with van der Waals surface area (Å²) < 4.78 is 6.18. The van der Waals surface area contributed by atoms with Gasteiger partial charge in [0.25, 0.3) is 5.56 Å². The van der Waals surface area contributed by atoms with Gasteiger partial charge < -0.3 is 10.5 Å². The monoisotopic (exact) mass is 239 g/mol. The molecule has 0 bridgehead atoms. The summed E-state index contributed by atoms with van der Waals surface area (Å²) in [6.45, 7) is 3.87. The number of carbonyl (C=O) groups is 1. The molecule has 6 heteroatoms. The van der Waals surface area contributed by atoms with E-state index in [1.165, 1.54) is 10.8 Å². The number of nitrogen functional groups attached to an aromatic ring is 1. The molecule has 0 aliphatic rings. The predicted molar refractivity (Wildman–Crippen MR) is 63.5 cm³/mol. The van der Waals surface area contributed by atoms with Crippen LogP contribution in [0.15, 0.2) is 11.0 Å². The average molecular weight is 239 g/mol. The van der Waals surface area contributed by atoms with Crippen molar-refractivity contribution in [1.29, 1.82) is 0 Å². The molecule has 0 aliphatic heterocycles. The van der Waals surface area contributed by atoms with E-state index in [1.54, 1.807) is 6.92 Å². The highest BCUT2D eigenvalue weighted by Crippen LogP contribution is 1.96. The Morgan fingerprint density at radius 1 is 1.59 bits per heavy atom. The second-order valence-corrected chi connectivity index (χ2v) is 3.73. The van der Waals surface area contributed by atoms with Crippen LogP contribution in [0.4, 0.5) is 5.69 Å². The minimum Gasteiger partial charge on any atom is -0.464 e. The molecule has 1 aromatic heterocycles. The number of esters is 1. The van der Waals surface area contributed by atoms with E-state index in [1.807, 2.05) is 6.92 Å². The Hall–Kier alpha value is -1.85. The third kappa shape index (κ3) is 3.58.